The Balaban J connectivity index is 1.57. The molecule has 1 aliphatic heterocycles. The Bertz CT molecular complexity index is 432. The third kappa shape index (κ3) is 6.06. The van der Waals surface area contributed by atoms with E-state index in [-0.39, 0.29) is 11.3 Å². The first-order valence-corrected chi connectivity index (χ1v) is 8.79. The van der Waals surface area contributed by atoms with Crippen molar-refractivity contribution in [3.05, 3.63) is 30.1 Å². The first-order chi connectivity index (χ1) is 10.2. The largest absolute Gasteiger partial charge is 0.356 e. The number of pyridine rings is 1. The third-order valence-electron chi connectivity index (χ3n) is 3.97. The van der Waals surface area contributed by atoms with Crippen LogP contribution in [0.5, 0.6) is 0 Å². The molecule has 0 spiro atoms. The van der Waals surface area contributed by atoms with Crippen molar-refractivity contribution in [2.45, 2.75) is 31.9 Å². The van der Waals surface area contributed by atoms with E-state index in [2.05, 4.69) is 22.5 Å². The molecule has 4 nitrogen and oxygen atoms in total. The molecule has 0 aliphatic carbocycles. The lowest BCUT2D eigenvalue weighted by Gasteiger charge is -2.34. The van der Waals surface area contributed by atoms with E-state index >= 15 is 0 Å². The molecule has 1 fully saturated rings. The fraction of sp³-hybridized carbons (Fsp3) is 0.625. The number of nitrogens with one attached hydrogen (secondary N) is 2. The number of nitrogens with zero attached hydrogens (tertiary/aromatic N) is 1. The molecule has 1 aromatic rings. The van der Waals surface area contributed by atoms with Gasteiger partial charge in [0.2, 0.25) is 5.91 Å². The van der Waals surface area contributed by atoms with Gasteiger partial charge in [-0.1, -0.05) is 13.0 Å². The summed E-state index contributed by atoms with van der Waals surface area (Å²) >= 11 is 1.76. The third-order valence-corrected chi connectivity index (χ3v) is 4.97. The van der Waals surface area contributed by atoms with Crippen molar-refractivity contribution in [3.8, 4) is 0 Å². The number of piperidine rings is 1. The second kappa shape index (κ2) is 8.39. The monoisotopic (exact) mass is 307 g/mol. The Kier molecular flexibility index (Phi) is 6.51. The van der Waals surface area contributed by atoms with Crippen molar-refractivity contribution in [2.24, 2.45) is 5.41 Å². The van der Waals surface area contributed by atoms with Crippen molar-refractivity contribution >= 4 is 17.7 Å². The number of hydrogen-bond donors (Lipinski definition) is 2. The van der Waals surface area contributed by atoms with Crippen LogP contribution in [0.15, 0.2) is 24.4 Å². The smallest absolute Gasteiger partial charge is 0.220 e. The fourth-order valence-corrected chi connectivity index (χ4v) is 3.29. The molecule has 0 aromatic carbocycles. The first kappa shape index (κ1) is 16.3. The minimum atomic E-state index is 0.170. The van der Waals surface area contributed by atoms with E-state index in [1.54, 1.807) is 11.8 Å². The van der Waals surface area contributed by atoms with Gasteiger partial charge < -0.3 is 10.6 Å². The van der Waals surface area contributed by atoms with Crippen LogP contribution < -0.4 is 10.6 Å². The summed E-state index contributed by atoms with van der Waals surface area (Å²) in [6, 6.07) is 5.93. The predicted octanol–water partition coefficient (Wildman–Crippen LogP) is 2.21. The molecule has 0 radical (unpaired) electrons. The molecular weight excluding hydrogens is 282 g/mol. The van der Waals surface area contributed by atoms with Crippen molar-refractivity contribution in [1.29, 1.82) is 0 Å². The molecule has 2 heterocycles. The normalized spacial score (nSPS) is 17.4. The highest BCUT2D eigenvalue weighted by atomic mass is 32.2. The maximum absolute atomic E-state index is 11.9. The maximum Gasteiger partial charge on any atom is 0.220 e. The number of carbonyl (C=O) groups is 1. The Hall–Kier alpha value is -1.07. The quantitative estimate of drug-likeness (QED) is 0.758. The van der Waals surface area contributed by atoms with E-state index in [9.17, 15) is 4.79 Å². The van der Waals surface area contributed by atoms with Crippen LogP contribution in [-0.4, -0.2) is 36.3 Å². The Morgan fingerprint density at radius 1 is 1.43 bits per heavy atom. The molecular formula is C16H25N3OS. The van der Waals surface area contributed by atoms with Gasteiger partial charge in [0, 0.05) is 30.7 Å². The van der Waals surface area contributed by atoms with Crippen LogP contribution in [0.25, 0.3) is 0 Å². The summed E-state index contributed by atoms with van der Waals surface area (Å²) in [7, 11) is 0. The Morgan fingerprint density at radius 3 is 2.95 bits per heavy atom. The molecule has 0 saturated carbocycles. The number of hydrogen-bond acceptors (Lipinski definition) is 4. The molecule has 2 rings (SSSR count). The molecule has 1 amide bonds. The summed E-state index contributed by atoms with van der Waals surface area (Å²) in [5.74, 6) is 1.89. The van der Waals surface area contributed by atoms with Gasteiger partial charge >= 0.3 is 0 Å². The molecule has 0 bridgehead atoms. The fourth-order valence-electron chi connectivity index (χ4n) is 2.43. The second-order valence-corrected chi connectivity index (χ2v) is 7.07. The summed E-state index contributed by atoms with van der Waals surface area (Å²) in [6.45, 7) is 5.20. The highest BCUT2D eigenvalue weighted by Crippen LogP contribution is 2.26. The zero-order valence-electron chi connectivity index (χ0n) is 12.7. The molecule has 1 aliphatic rings. The second-order valence-electron chi connectivity index (χ2n) is 5.96. The summed E-state index contributed by atoms with van der Waals surface area (Å²) < 4.78 is 0. The van der Waals surface area contributed by atoms with Crippen LogP contribution in [0.4, 0.5) is 0 Å². The van der Waals surface area contributed by atoms with Gasteiger partial charge in [-0.15, -0.1) is 0 Å². The van der Waals surface area contributed by atoms with E-state index in [0.717, 1.165) is 49.7 Å². The lowest BCUT2D eigenvalue weighted by atomic mass is 9.81. The number of aromatic nitrogens is 1. The van der Waals surface area contributed by atoms with Gasteiger partial charge in [-0.05, 0) is 43.5 Å². The maximum atomic E-state index is 11.9. The molecule has 1 saturated heterocycles. The number of thioether (sulfide) groups is 1. The summed E-state index contributed by atoms with van der Waals surface area (Å²) in [4.78, 5) is 16.2. The topological polar surface area (TPSA) is 54.0 Å². The number of amides is 1. The minimum absolute atomic E-state index is 0.170. The van der Waals surface area contributed by atoms with E-state index in [4.69, 9.17) is 0 Å². The number of rotatable bonds is 7. The van der Waals surface area contributed by atoms with Gasteiger partial charge in [-0.3, -0.25) is 9.78 Å². The van der Waals surface area contributed by atoms with Gasteiger partial charge in [-0.2, -0.15) is 11.8 Å². The molecule has 5 heteroatoms. The zero-order chi connectivity index (χ0) is 15.0. The molecule has 21 heavy (non-hydrogen) atoms. The Morgan fingerprint density at radius 2 is 2.24 bits per heavy atom. The molecule has 116 valence electrons. The highest BCUT2D eigenvalue weighted by molar-refractivity contribution is 7.98. The van der Waals surface area contributed by atoms with Gasteiger partial charge in [0.1, 0.15) is 0 Å². The highest BCUT2D eigenvalue weighted by Gasteiger charge is 2.26. The van der Waals surface area contributed by atoms with Gasteiger partial charge in [0.15, 0.2) is 0 Å². The van der Waals surface area contributed by atoms with Crippen LogP contribution in [0.2, 0.25) is 0 Å². The van der Waals surface area contributed by atoms with Crippen molar-refractivity contribution in [1.82, 2.24) is 15.6 Å². The van der Waals surface area contributed by atoms with Crippen LogP contribution >= 0.6 is 11.8 Å². The van der Waals surface area contributed by atoms with Gasteiger partial charge in [0.05, 0.1) is 5.69 Å². The first-order valence-electron chi connectivity index (χ1n) is 7.63. The van der Waals surface area contributed by atoms with E-state index in [0.29, 0.717) is 6.42 Å². The molecule has 1 aromatic heterocycles. The van der Waals surface area contributed by atoms with E-state index < -0.39 is 0 Å². The SMILES string of the molecule is CC1(CNC(=O)CCSCc2ccccn2)CCNCC1. The van der Waals surface area contributed by atoms with Crippen molar-refractivity contribution < 1.29 is 4.79 Å². The lowest BCUT2D eigenvalue weighted by molar-refractivity contribution is -0.121. The molecule has 0 atom stereocenters. The average Bonchev–Trinajstić information content (AvgIpc) is 2.51. The van der Waals surface area contributed by atoms with Crippen LogP contribution in [0.3, 0.4) is 0 Å². The van der Waals surface area contributed by atoms with E-state index in [1.807, 2.05) is 24.4 Å². The minimum Gasteiger partial charge on any atom is -0.356 e. The van der Waals surface area contributed by atoms with Crippen LogP contribution in [-0.2, 0) is 10.5 Å². The zero-order valence-corrected chi connectivity index (χ0v) is 13.5. The van der Waals surface area contributed by atoms with Crippen molar-refractivity contribution in [2.75, 3.05) is 25.4 Å². The standard InChI is InChI=1S/C16H25N3OS/c1-16(6-9-17-10-7-16)13-19-15(20)5-11-21-12-14-4-2-3-8-18-14/h2-4,8,17H,5-7,9-13H2,1H3,(H,19,20). The molecule has 0 unspecified atom stereocenters. The summed E-state index contributed by atoms with van der Waals surface area (Å²) in [5.41, 5.74) is 1.34. The van der Waals surface area contributed by atoms with Gasteiger partial charge in [0.25, 0.3) is 0 Å². The summed E-state index contributed by atoms with van der Waals surface area (Å²) in [5, 5.41) is 6.46. The lowest BCUT2D eigenvalue weighted by Crippen LogP contribution is -2.42. The van der Waals surface area contributed by atoms with Gasteiger partial charge in [-0.25, -0.2) is 0 Å². The number of carbonyl (C=O) groups excluding carboxylic acids is 1. The van der Waals surface area contributed by atoms with Crippen molar-refractivity contribution in [3.63, 3.8) is 0 Å². The van der Waals surface area contributed by atoms with E-state index in [1.165, 1.54) is 0 Å². The molecule has 2 N–H and O–H groups in total. The summed E-state index contributed by atoms with van der Waals surface area (Å²) in [6.07, 6.45) is 4.68. The predicted molar refractivity (Wildman–Crippen MR) is 88.2 cm³/mol. The Labute approximate surface area is 131 Å². The van der Waals surface area contributed by atoms with Crippen LogP contribution in [0.1, 0.15) is 31.9 Å². The van der Waals surface area contributed by atoms with Crippen LogP contribution in [0, 0.1) is 5.41 Å². The average molecular weight is 307 g/mol.